The molecule has 1 aliphatic heterocycles. The van der Waals surface area contributed by atoms with Crippen molar-refractivity contribution in [2.45, 2.75) is 19.4 Å². The molecule has 7 heteroatoms. The lowest BCUT2D eigenvalue weighted by molar-refractivity contribution is -0.149. The van der Waals surface area contributed by atoms with Crippen molar-refractivity contribution in [3.05, 3.63) is 33.8 Å². The Morgan fingerprint density at radius 3 is 2.62 bits per heavy atom. The zero-order valence-corrected chi connectivity index (χ0v) is 12.9. The molecule has 0 aromatic heterocycles. The Hall–Kier alpha value is -1.30. The molecular weight excluding hydrogens is 317 g/mol. The molecule has 0 bridgehead atoms. The van der Waals surface area contributed by atoms with Crippen molar-refractivity contribution in [2.75, 3.05) is 13.2 Å². The second-order valence-corrected chi connectivity index (χ2v) is 6.05. The van der Waals surface area contributed by atoms with Gasteiger partial charge < -0.3 is 15.2 Å². The summed E-state index contributed by atoms with van der Waals surface area (Å²) in [5, 5.41) is 12.8. The molecule has 2 rings (SSSR count). The van der Waals surface area contributed by atoms with Gasteiger partial charge >= 0.3 is 5.97 Å². The van der Waals surface area contributed by atoms with Crippen LogP contribution in [0.1, 0.15) is 12.5 Å². The third-order valence-electron chi connectivity index (χ3n) is 3.68. The number of rotatable bonds is 4. The number of carbonyl (C=O) groups is 2. The maximum atomic E-state index is 12.1. The fraction of sp³-hybridized carbons (Fsp3) is 0.429. The van der Waals surface area contributed by atoms with E-state index in [1.165, 1.54) is 0 Å². The number of ether oxygens (including phenoxy) is 1. The van der Waals surface area contributed by atoms with Gasteiger partial charge in [-0.2, -0.15) is 0 Å². The van der Waals surface area contributed by atoms with Crippen molar-refractivity contribution < 1.29 is 19.4 Å². The molecule has 0 radical (unpaired) electrons. The number of carbonyl (C=O) groups excluding carboxylic acids is 1. The molecule has 1 fully saturated rings. The number of benzene rings is 1. The van der Waals surface area contributed by atoms with E-state index in [4.69, 9.17) is 27.9 Å². The predicted molar refractivity (Wildman–Crippen MR) is 78.7 cm³/mol. The van der Waals surface area contributed by atoms with Gasteiger partial charge in [0.25, 0.3) is 0 Å². The summed E-state index contributed by atoms with van der Waals surface area (Å²) in [5.74, 6) is -1.34. The average Bonchev–Trinajstić information content (AvgIpc) is 2.77. The smallest absolute Gasteiger partial charge is 0.313 e. The van der Waals surface area contributed by atoms with Crippen molar-refractivity contribution in [3.8, 4) is 0 Å². The van der Waals surface area contributed by atoms with Crippen LogP contribution in [-0.2, 0) is 20.7 Å². The fourth-order valence-electron chi connectivity index (χ4n) is 2.19. The number of hydrogen-bond acceptors (Lipinski definition) is 3. The van der Waals surface area contributed by atoms with E-state index in [9.17, 15) is 14.7 Å². The Balaban J connectivity index is 2.07. The first-order valence-corrected chi connectivity index (χ1v) is 7.13. The lowest BCUT2D eigenvalue weighted by Gasteiger charge is -2.25. The second kappa shape index (κ2) is 6.22. The van der Waals surface area contributed by atoms with E-state index in [0.717, 1.165) is 0 Å². The van der Waals surface area contributed by atoms with Crippen LogP contribution in [0.5, 0.6) is 0 Å². The molecule has 2 atom stereocenters. The van der Waals surface area contributed by atoms with E-state index in [1.54, 1.807) is 25.1 Å². The Kier molecular flexibility index (Phi) is 4.76. The summed E-state index contributed by atoms with van der Waals surface area (Å²) in [4.78, 5) is 23.4. The SMILES string of the molecule is CC1(C(=O)O)COCC1NC(=O)Cc1c(Cl)cccc1Cl. The average molecular weight is 332 g/mol. The fourth-order valence-corrected chi connectivity index (χ4v) is 2.72. The first-order valence-electron chi connectivity index (χ1n) is 6.38. The van der Waals surface area contributed by atoms with Crippen LogP contribution in [0.2, 0.25) is 10.0 Å². The molecule has 5 nitrogen and oxygen atoms in total. The number of hydrogen-bond donors (Lipinski definition) is 2. The molecule has 21 heavy (non-hydrogen) atoms. The van der Waals surface area contributed by atoms with Gasteiger partial charge in [-0.3, -0.25) is 9.59 Å². The topological polar surface area (TPSA) is 75.6 Å². The van der Waals surface area contributed by atoms with Crippen LogP contribution in [0.4, 0.5) is 0 Å². The van der Waals surface area contributed by atoms with Crippen LogP contribution in [0, 0.1) is 5.41 Å². The summed E-state index contributed by atoms with van der Waals surface area (Å²) in [6.45, 7) is 1.79. The van der Waals surface area contributed by atoms with E-state index < -0.39 is 17.4 Å². The van der Waals surface area contributed by atoms with Crippen LogP contribution >= 0.6 is 23.2 Å². The first kappa shape index (κ1) is 16.1. The molecule has 1 heterocycles. The van der Waals surface area contributed by atoms with Crippen LogP contribution in [0.3, 0.4) is 0 Å². The minimum absolute atomic E-state index is 0.00922. The van der Waals surface area contributed by atoms with Crippen LogP contribution in [0.15, 0.2) is 18.2 Å². The van der Waals surface area contributed by atoms with E-state index in [1.807, 2.05) is 0 Å². The summed E-state index contributed by atoms with van der Waals surface area (Å²) < 4.78 is 5.18. The maximum Gasteiger partial charge on any atom is 0.313 e. The Labute approximate surface area is 132 Å². The molecule has 0 saturated carbocycles. The van der Waals surface area contributed by atoms with Gasteiger partial charge in [0.2, 0.25) is 5.91 Å². The van der Waals surface area contributed by atoms with Crippen LogP contribution in [0.25, 0.3) is 0 Å². The van der Waals surface area contributed by atoms with E-state index in [0.29, 0.717) is 15.6 Å². The van der Waals surface area contributed by atoms with Crippen LogP contribution in [-0.4, -0.2) is 36.2 Å². The van der Waals surface area contributed by atoms with Gasteiger partial charge in [0.1, 0.15) is 5.41 Å². The normalized spacial score (nSPS) is 24.8. The molecular formula is C14H15Cl2NO4. The standard InChI is InChI=1S/C14H15Cl2NO4/c1-14(13(19)20)7-21-6-11(14)17-12(18)5-8-9(15)3-2-4-10(8)16/h2-4,11H,5-7H2,1H3,(H,17,18)(H,19,20). The summed E-state index contributed by atoms with van der Waals surface area (Å²) in [6.07, 6.45) is -0.00922. The zero-order chi connectivity index (χ0) is 15.6. The van der Waals surface area contributed by atoms with Gasteiger partial charge in [-0.1, -0.05) is 29.3 Å². The quantitative estimate of drug-likeness (QED) is 0.886. The number of nitrogens with one attached hydrogen (secondary N) is 1. The molecule has 1 aromatic carbocycles. The number of aliphatic carboxylic acids is 1. The predicted octanol–water partition coefficient (Wildman–Crippen LogP) is 2.14. The highest BCUT2D eigenvalue weighted by Crippen LogP contribution is 2.29. The molecule has 1 amide bonds. The monoisotopic (exact) mass is 331 g/mol. The molecule has 1 aromatic rings. The Morgan fingerprint density at radius 2 is 2.05 bits per heavy atom. The highest BCUT2D eigenvalue weighted by Gasteiger charge is 2.47. The van der Waals surface area contributed by atoms with Gasteiger partial charge in [-0.25, -0.2) is 0 Å². The first-order chi connectivity index (χ1) is 9.84. The van der Waals surface area contributed by atoms with Gasteiger partial charge in [0.15, 0.2) is 0 Å². The number of carboxylic acid groups (broad SMARTS) is 1. The highest BCUT2D eigenvalue weighted by molar-refractivity contribution is 6.36. The number of carboxylic acids is 1. The largest absolute Gasteiger partial charge is 0.481 e. The van der Waals surface area contributed by atoms with Crippen molar-refractivity contribution in [1.29, 1.82) is 0 Å². The number of halogens is 2. The van der Waals surface area contributed by atoms with E-state index >= 15 is 0 Å². The minimum atomic E-state index is -1.13. The van der Waals surface area contributed by atoms with E-state index in [-0.39, 0.29) is 25.5 Å². The zero-order valence-electron chi connectivity index (χ0n) is 11.4. The molecule has 1 saturated heterocycles. The summed E-state index contributed by atoms with van der Waals surface area (Å²) in [6, 6.07) is 4.41. The third-order valence-corrected chi connectivity index (χ3v) is 4.39. The maximum absolute atomic E-state index is 12.1. The molecule has 2 unspecified atom stereocenters. The summed E-state index contributed by atoms with van der Waals surface area (Å²) in [7, 11) is 0. The van der Waals surface area contributed by atoms with Crippen molar-refractivity contribution in [3.63, 3.8) is 0 Å². The van der Waals surface area contributed by atoms with Gasteiger partial charge in [0.05, 0.1) is 25.7 Å². The van der Waals surface area contributed by atoms with Crippen molar-refractivity contribution >= 4 is 35.1 Å². The molecule has 1 aliphatic rings. The lowest BCUT2D eigenvalue weighted by atomic mass is 9.85. The molecule has 2 N–H and O–H groups in total. The highest BCUT2D eigenvalue weighted by atomic mass is 35.5. The van der Waals surface area contributed by atoms with Crippen LogP contribution < -0.4 is 5.32 Å². The second-order valence-electron chi connectivity index (χ2n) is 5.23. The Bertz CT molecular complexity index is 558. The number of amides is 1. The van der Waals surface area contributed by atoms with E-state index in [2.05, 4.69) is 5.32 Å². The molecule has 0 aliphatic carbocycles. The Morgan fingerprint density at radius 1 is 1.43 bits per heavy atom. The minimum Gasteiger partial charge on any atom is -0.481 e. The molecule has 0 spiro atoms. The third kappa shape index (κ3) is 3.31. The lowest BCUT2D eigenvalue weighted by Crippen LogP contribution is -2.50. The van der Waals surface area contributed by atoms with Gasteiger partial charge in [0, 0.05) is 10.0 Å². The van der Waals surface area contributed by atoms with Gasteiger partial charge in [-0.05, 0) is 24.6 Å². The summed E-state index contributed by atoms with van der Waals surface area (Å²) >= 11 is 12.0. The van der Waals surface area contributed by atoms with Crippen molar-refractivity contribution in [1.82, 2.24) is 5.32 Å². The van der Waals surface area contributed by atoms with Crippen molar-refractivity contribution in [2.24, 2.45) is 5.41 Å². The summed E-state index contributed by atoms with van der Waals surface area (Å²) in [5.41, 5.74) is -0.603. The molecule has 114 valence electrons. The van der Waals surface area contributed by atoms with Gasteiger partial charge in [-0.15, -0.1) is 0 Å².